The normalized spacial score (nSPS) is 11.5. The molecule has 0 fully saturated rings. The Morgan fingerprint density at radius 1 is 1.07 bits per heavy atom. The monoisotopic (exact) mass is 236 g/mol. The molecule has 0 bridgehead atoms. The highest BCUT2D eigenvalue weighted by atomic mass is 32.2. The van der Waals surface area contributed by atoms with E-state index in [1.807, 2.05) is 0 Å². The van der Waals surface area contributed by atoms with Crippen molar-refractivity contribution in [1.29, 1.82) is 0 Å². The zero-order valence-electron chi connectivity index (χ0n) is 9.24. The fourth-order valence-corrected chi connectivity index (χ4v) is 2.60. The van der Waals surface area contributed by atoms with Crippen LogP contribution in [0.5, 0.6) is 0 Å². The van der Waals surface area contributed by atoms with Crippen LogP contribution in [0.25, 0.3) is 0 Å². The van der Waals surface area contributed by atoms with Gasteiger partial charge in [-0.1, -0.05) is 32.6 Å². The molecule has 0 amide bonds. The second-order valence-electron chi connectivity index (χ2n) is 3.71. The van der Waals surface area contributed by atoms with Gasteiger partial charge in [0.2, 0.25) is 0 Å². The third kappa shape index (κ3) is 9.72. The minimum atomic E-state index is -3.14. The molecule has 0 atom stereocenters. The number of hydrogen-bond acceptors (Lipinski definition) is 3. The van der Waals surface area contributed by atoms with Gasteiger partial charge in [-0.15, -0.1) is 0 Å². The second-order valence-corrected chi connectivity index (χ2v) is 6.01. The number of carbonyl (C=O) groups is 1. The van der Waals surface area contributed by atoms with Gasteiger partial charge < -0.3 is 5.11 Å². The molecule has 4 nitrogen and oxygen atoms in total. The number of sulfone groups is 1. The number of aliphatic carboxylic acids is 1. The molecule has 0 aliphatic carbocycles. The van der Waals surface area contributed by atoms with E-state index in [4.69, 9.17) is 5.11 Å². The molecule has 0 aromatic heterocycles. The molecule has 0 radical (unpaired) electrons. The molecule has 0 aromatic rings. The molecule has 0 saturated heterocycles. The molecule has 0 aromatic carbocycles. The van der Waals surface area contributed by atoms with Gasteiger partial charge in [0.25, 0.3) is 0 Å². The fraction of sp³-hybridized carbons (Fsp3) is 0.900. The van der Waals surface area contributed by atoms with Gasteiger partial charge in [0.15, 0.2) is 9.84 Å². The van der Waals surface area contributed by atoms with Gasteiger partial charge in [-0.3, -0.25) is 4.79 Å². The molecule has 0 rings (SSSR count). The lowest BCUT2D eigenvalue weighted by Gasteiger charge is -2.02. The molecule has 0 aliphatic rings. The maximum Gasteiger partial charge on any atom is 0.304 e. The van der Waals surface area contributed by atoms with Crippen LogP contribution in [0.4, 0.5) is 0 Å². The number of carboxylic acids is 1. The van der Waals surface area contributed by atoms with Crippen LogP contribution in [-0.4, -0.2) is 31.0 Å². The zero-order chi connectivity index (χ0) is 11.7. The molecular weight excluding hydrogens is 216 g/mol. The molecule has 0 saturated carbocycles. The van der Waals surface area contributed by atoms with Gasteiger partial charge in [0.05, 0.1) is 17.9 Å². The Morgan fingerprint density at radius 2 is 1.67 bits per heavy atom. The Hall–Kier alpha value is -0.580. The summed E-state index contributed by atoms with van der Waals surface area (Å²) >= 11 is 0. The molecule has 0 aliphatic heterocycles. The lowest BCUT2D eigenvalue weighted by Crippen LogP contribution is -2.14. The van der Waals surface area contributed by atoms with E-state index < -0.39 is 15.8 Å². The van der Waals surface area contributed by atoms with Gasteiger partial charge in [-0.2, -0.15) is 0 Å². The topological polar surface area (TPSA) is 71.4 Å². The van der Waals surface area contributed by atoms with Crippen molar-refractivity contribution in [3.8, 4) is 0 Å². The van der Waals surface area contributed by atoms with Crippen molar-refractivity contribution in [2.45, 2.75) is 45.4 Å². The van der Waals surface area contributed by atoms with E-state index in [1.165, 1.54) is 0 Å². The predicted molar refractivity (Wildman–Crippen MR) is 59.7 cm³/mol. The lowest BCUT2D eigenvalue weighted by molar-refractivity contribution is -0.136. The molecule has 15 heavy (non-hydrogen) atoms. The standard InChI is InChI=1S/C10H20O4S/c1-2-3-4-5-6-8-15(13,14)9-7-10(11)12/h2-9H2,1H3,(H,11,12). The van der Waals surface area contributed by atoms with Crippen LogP contribution in [0.2, 0.25) is 0 Å². The number of unbranched alkanes of at least 4 members (excludes halogenated alkanes) is 4. The molecule has 0 heterocycles. The van der Waals surface area contributed by atoms with Crippen LogP contribution < -0.4 is 0 Å². The first-order valence-electron chi connectivity index (χ1n) is 5.40. The third-order valence-corrected chi connectivity index (χ3v) is 3.92. The average molecular weight is 236 g/mol. The summed E-state index contributed by atoms with van der Waals surface area (Å²) in [6.07, 6.45) is 4.62. The Balaban J connectivity index is 3.61. The molecule has 0 spiro atoms. The Morgan fingerprint density at radius 3 is 2.20 bits per heavy atom. The summed E-state index contributed by atoms with van der Waals surface area (Å²) in [4.78, 5) is 10.2. The molecule has 0 unspecified atom stereocenters. The summed E-state index contributed by atoms with van der Waals surface area (Å²) < 4.78 is 22.6. The minimum absolute atomic E-state index is 0.129. The van der Waals surface area contributed by atoms with Gasteiger partial charge in [-0.05, 0) is 6.42 Å². The highest BCUT2D eigenvalue weighted by Crippen LogP contribution is 2.05. The Kier molecular flexibility index (Phi) is 7.38. The van der Waals surface area contributed by atoms with Gasteiger partial charge in [0.1, 0.15) is 0 Å². The smallest absolute Gasteiger partial charge is 0.304 e. The van der Waals surface area contributed by atoms with Crippen LogP contribution in [0, 0.1) is 0 Å². The molecule has 5 heteroatoms. The van der Waals surface area contributed by atoms with E-state index in [0.717, 1.165) is 25.7 Å². The second kappa shape index (κ2) is 7.68. The van der Waals surface area contributed by atoms with Gasteiger partial charge in [-0.25, -0.2) is 8.42 Å². The van der Waals surface area contributed by atoms with Crippen LogP contribution in [0.1, 0.15) is 45.4 Å². The summed E-state index contributed by atoms with van der Waals surface area (Å²) in [5, 5.41) is 8.35. The summed E-state index contributed by atoms with van der Waals surface area (Å²) in [6.45, 7) is 2.10. The quantitative estimate of drug-likeness (QED) is 0.620. The fourth-order valence-electron chi connectivity index (χ4n) is 1.27. The number of hydrogen-bond donors (Lipinski definition) is 1. The van der Waals surface area contributed by atoms with Crippen LogP contribution in [-0.2, 0) is 14.6 Å². The summed E-state index contributed by atoms with van der Waals surface area (Å²) in [5.41, 5.74) is 0. The first-order chi connectivity index (χ1) is 6.98. The highest BCUT2D eigenvalue weighted by Gasteiger charge is 2.12. The Bertz CT molecular complexity index is 269. The lowest BCUT2D eigenvalue weighted by atomic mass is 10.2. The van der Waals surface area contributed by atoms with Gasteiger partial charge >= 0.3 is 5.97 Å². The largest absolute Gasteiger partial charge is 0.481 e. The van der Waals surface area contributed by atoms with Crippen molar-refractivity contribution < 1.29 is 18.3 Å². The number of rotatable bonds is 9. The SMILES string of the molecule is CCCCCCCS(=O)(=O)CCC(=O)O. The maximum absolute atomic E-state index is 11.3. The maximum atomic E-state index is 11.3. The van der Waals surface area contributed by atoms with Crippen molar-refractivity contribution in [1.82, 2.24) is 0 Å². The van der Waals surface area contributed by atoms with E-state index >= 15 is 0 Å². The van der Waals surface area contributed by atoms with E-state index in [0.29, 0.717) is 6.42 Å². The third-order valence-electron chi connectivity index (χ3n) is 2.19. The van der Waals surface area contributed by atoms with Crippen LogP contribution in [0.15, 0.2) is 0 Å². The van der Waals surface area contributed by atoms with E-state index in [2.05, 4.69) is 6.92 Å². The molecular formula is C10H20O4S. The first-order valence-corrected chi connectivity index (χ1v) is 7.22. The van der Waals surface area contributed by atoms with E-state index in [9.17, 15) is 13.2 Å². The zero-order valence-corrected chi connectivity index (χ0v) is 10.1. The van der Waals surface area contributed by atoms with Gasteiger partial charge in [0, 0.05) is 0 Å². The minimum Gasteiger partial charge on any atom is -0.481 e. The van der Waals surface area contributed by atoms with E-state index in [1.54, 1.807) is 0 Å². The summed E-state index contributed by atoms with van der Waals surface area (Å²) in [6, 6.07) is 0. The van der Waals surface area contributed by atoms with Crippen LogP contribution in [0.3, 0.4) is 0 Å². The summed E-state index contributed by atoms with van der Waals surface area (Å²) in [7, 11) is -3.14. The number of carboxylic acid groups (broad SMARTS) is 1. The van der Waals surface area contributed by atoms with Crippen LogP contribution >= 0.6 is 0 Å². The van der Waals surface area contributed by atoms with Crippen molar-refractivity contribution >= 4 is 15.8 Å². The van der Waals surface area contributed by atoms with Crippen molar-refractivity contribution in [2.24, 2.45) is 0 Å². The Labute approximate surface area is 91.6 Å². The van der Waals surface area contributed by atoms with Crippen molar-refractivity contribution in [2.75, 3.05) is 11.5 Å². The summed E-state index contributed by atoms with van der Waals surface area (Å²) in [5.74, 6) is -1.15. The highest BCUT2D eigenvalue weighted by molar-refractivity contribution is 7.91. The average Bonchev–Trinajstić information content (AvgIpc) is 2.15. The first kappa shape index (κ1) is 14.4. The molecule has 90 valence electrons. The van der Waals surface area contributed by atoms with Crippen molar-refractivity contribution in [3.63, 3.8) is 0 Å². The molecule has 1 N–H and O–H groups in total. The van der Waals surface area contributed by atoms with E-state index in [-0.39, 0.29) is 17.9 Å². The predicted octanol–water partition coefficient (Wildman–Crippen LogP) is 1.85. The van der Waals surface area contributed by atoms with Crippen molar-refractivity contribution in [3.05, 3.63) is 0 Å².